The highest BCUT2D eigenvalue weighted by Crippen LogP contribution is 2.42. The number of hydrogen-bond donors (Lipinski definition) is 0. The fourth-order valence-corrected chi connectivity index (χ4v) is 2.90. The molecule has 3 heteroatoms. The van der Waals surface area contributed by atoms with Gasteiger partial charge in [-0.15, -0.1) is 11.3 Å². The van der Waals surface area contributed by atoms with Gasteiger partial charge in [-0.05, 0) is 19.1 Å². The summed E-state index contributed by atoms with van der Waals surface area (Å²) < 4.78 is 11.2. The Balaban J connectivity index is 1.83. The Morgan fingerprint density at radius 1 is 1.16 bits per heavy atom. The molecule has 0 amide bonds. The SMILES string of the molecule is C[C@@H](C#Cc1ccccc1)c1scc2c1OCCO2. The monoisotopic (exact) mass is 270 g/mol. The van der Waals surface area contributed by atoms with Crippen molar-refractivity contribution in [2.24, 2.45) is 0 Å². The highest BCUT2D eigenvalue weighted by molar-refractivity contribution is 7.10. The second-order valence-electron chi connectivity index (χ2n) is 4.35. The van der Waals surface area contributed by atoms with Gasteiger partial charge in [0.1, 0.15) is 13.2 Å². The van der Waals surface area contributed by atoms with Crippen LogP contribution in [0.5, 0.6) is 11.5 Å². The molecule has 0 bridgehead atoms. The van der Waals surface area contributed by atoms with Crippen LogP contribution in [0.4, 0.5) is 0 Å². The lowest BCUT2D eigenvalue weighted by Crippen LogP contribution is -2.15. The molecule has 1 aromatic carbocycles. The summed E-state index contributed by atoms with van der Waals surface area (Å²) in [4.78, 5) is 1.15. The van der Waals surface area contributed by atoms with E-state index in [4.69, 9.17) is 9.47 Å². The van der Waals surface area contributed by atoms with Gasteiger partial charge in [0.2, 0.25) is 0 Å². The van der Waals surface area contributed by atoms with Crippen molar-refractivity contribution in [3.63, 3.8) is 0 Å². The molecule has 0 saturated heterocycles. The van der Waals surface area contributed by atoms with Crippen molar-refractivity contribution >= 4 is 11.3 Å². The van der Waals surface area contributed by atoms with Crippen LogP contribution in [0.15, 0.2) is 35.7 Å². The Kier molecular flexibility index (Phi) is 3.43. The minimum absolute atomic E-state index is 0.149. The van der Waals surface area contributed by atoms with Gasteiger partial charge in [0.05, 0.1) is 10.8 Å². The van der Waals surface area contributed by atoms with Crippen LogP contribution in [0.1, 0.15) is 23.3 Å². The lowest BCUT2D eigenvalue weighted by atomic mass is 10.1. The molecule has 0 spiro atoms. The van der Waals surface area contributed by atoms with Crippen molar-refractivity contribution in [2.45, 2.75) is 12.8 Å². The van der Waals surface area contributed by atoms with Crippen molar-refractivity contribution < 1.29 is 9.47 Å². The Morgan fingerprint density at radius 3 is 2.79 bits per heavy atom. The molecule has 0 radical (unpaired) electrons. The molecule has 0 aliphatic carbocycles. The van der Waals surface area contributed by atoms with Gasteiger partial charge in [-0.3, -0.25) is 0 Å². The molecule has 2 heterocycles. The van der Waals surface area contributed by atoms with Crippen LogP contribution in [0.3, 0.4) is 0 Å². The highest BCUT2D eigenvalue weighted by Gasteiger charge is 2.21. The predicted molar refractivity (Wildman–Crippen MR) is 77.0 cm³/mol. The average Bonchev–Trinajstić information content (AvgIpc) is 2.90. The molecule has 2 nitrogen and oxygen atoms in total. The van der Waals surface area contributed by atoms with Crippen molar-refractivity contribution in [1.29, 1.82) is 0 Å². The minimum Gasteiger partial charge on any atom is -0.485 e. The molecular formula is C16H14O2S. The van der Waals surface area contributed by atoms with Gasteiger partial charge in [0, 0.05) is 10.9 Å². The molecule has 1 atom stereocenters. The maximum atomic E-state index is 5.69. The third-order valence-corrected chi connectivity index (χ3v) is 4.05. The van der Waals surface area contributed by atoms with Crippen LogP contribution in [0.25, 0.3) is 0 Å². The summed E-state index contributed by atoms with van der Waals surface area (Å²) in [7, 11) is 0. The first-order valence-electron chi connectivity index (χ1n) is 6.28. The predicted octanol–water partition coefficient (Wildman–Crippen LogP) is 3.67. The average molecular weight is 270 g/mol. The first-order valence-corrected chi connectivity index (χ1v) is 7.16. The zero-order valence-corrected chi connectivity index (χ0v) is 11.5. The summed E-state index contributed by atoms with van der Waals surface area (Å²) in [5.74, 6) is 8.37. The van der Waals surface area contributed by atoms with Crippen LogP contribution in [0.2, 0.25) is 0 Å². The summed E-state index contributed by atoms with van der Waals surface area (Å²) in [5, 5.41) is 2.00. The summed E-state index contributed by atoms with van der Waals surface area (Å²) in [6.45, 7) is 3.35. The van der Waals surface area contributed by atoms with E-state index in [1.807, 2.05) is 35.7 Å². The highest BCUT2D eigenvalue weighted by atomic mass is 32.1. The second-order valence-corrected chi connectivity index (χ2v) is 5.26. The summed E-state index contributed by atoms with van der Waals surface area (Å²) in [6.07, 6.45) is 0. The van der Waals surface area contributed by atoms with Crippen molar-refractivity contribution in [1.82, 2.24) is 0 Å². The van der Waals surface area contributed by atoms with Crippen LogP contribution < -0.4 is 9.47 Å². The van der Waals surface area contributed by atoms with Gasteiger partial charge in [-0.2, -0.15) is 0 Å². The smallest absolute Gasteiger partial charge is 0.176 e. The molecular weight excluding hydrogens is 256 g/mol. The molecule has 1 aliphatic rings. The van der Waals surface area contributed by atoms with E-state index in [1.54, 1.807) is 11.3 Å². The largest absolute Gasteiger partial charge is 0.485 e. The quantitative estimate of drug-likeness (QED) is 0.736. The standard InChI is InChI=1S/C16H14O2S/c1-12(7-8-13-5-3-2-4-6-13)16-15-14(11-19-16)17-9-10-18-15/h2-6,11-12H,9-10H2,1H3/t12-/m0/s1. The zero-order valence-electron chi connectivity index (χ0n) is 10.7. The van der Waals surface area contributed by atoms with Crippen molar-refractivity contribution in [3.05, 3.63) is 46.2 Å². The lowest BCUT2D eigenvalue weighted by Gasteiger charge is -2.16. The Morgan fingerprint density at radius 2 is 1.95 bits per heavy atom. The van der Waals surface area contributed by atoms with Crippen LogP contribution in [-0.4, -0.2) is 13.2 Å². The van der Waals surface area contributed by atoms with E-state index in [0.717, 1.165) is 21.9 Å². The Hall–Kier alpha value is -1.92. The topological polar surface area (TPSA) is 18.5 Å². The van der Waals surface area contributed by atoms with Gasteiger partial charge in [0.25, 0.3) is 0 Å². The molecule has 0 saturated carbocycles. The van der Waals surface area contributed by atoms with Crippen LogP contribution in [0, 0.1) is 11.8 Å². The van der Waals surface area contributed by atoms with E-state index >= 15 is 0 Å². The van der Waals surface area contributed by atoms with Gasteiger partial charge in [0.15, 0.2) is 11.5 Å². The molecule has 96 valence electrons. The molecule has 0 fully saturated rings. The maximum Gasteiger partial charge on any atom is 0.176 e. The number of fused-ring (bicyclic) bond motifs is 1. The zero-order chi connectivity index (χ0) is 13.1. The first kappa shape index (κ1) is 12.1. The van der Waals surface area contributed by atoms with Gasteiger partial charge in [-0.1, -0.05) is 30.0 Å². The van der Waals surface area contributed by atoms with Crippen LogP contribution in [-0.2, 0) is 0 Å². The molecule has 19 heavy (non-hydrogen) atoms. The van der Waals surface area contributed by atoms with E-state index in [1.165, 1.54) is 0 Å². The maximum absolute atomic E-state index is 5.69. The number of hydrogen-bond acceptors (Lipinski definition) is 3. The van der Waals surface area contributed by atoms with E-state index in [9.17, 15) is 0 Å². The lowest BCUT2D eigenvalue weighted by molar-refractivity contribution is 0.172. The molecule has 1 aromatic heterocycles. The molecule has 0 N–H and O–H groups in total. The van der Waals surface area contributed by atoms with Crippen molar-refractivity contribution in [3.8, 4) is 23.3 Å². The fourth-order valence-electron chi connectivity index (χ4n) is 1.96. The van der Waals surface area contributed by atoms with E-state index in [0.29, 0.717) is 13.2 Å². The fraction of sp³-hybridized carbons (Fsp3) is 0.250. The van der Waals surface area contributed by atoms with Crippen molar-refractivity contribution in [2.75, 3.05) is 13.2 Å². The van der Waals surface area contributed by atoms with Crippen LogP contribution >= 0.6 is 11.3 Å². The number of benzene rings is 1. The number of thiophene rings is 1. The molecule has 2 aromatic rings. The van der Waals surface area contributed by atoms with E-state index < -0.39 is 0 Å². The molecule has 3 rings (SSSR count). The van der Waals surface area contributed by atoms with Gasteiger partial charge < -0.3 is 9.47 Å². The van der Waals surface area contributed by atoms with Gasteiger partial charge >= 0.3 is 0 Å². The summed E-state index contributed by atoms with van der Waals surface area (Å²) >= 11 is 1.66. The minimum atomic E-state index is 0.149. The normalized spacial score (nSPS) is 14.4. The number of ether oxygens (including phenoxy) is 2. The Bertz CT molecular complexity index is 619. The van der Waals surface area contributed by atoms with E-state index in [-0.39, 0.29) is 5.92 Å². The second kappa shape index (κ2) is 5.38. The third kappa shape index (κ3) is 2.59. The first-order chi connectivity index (χ1) is 9.34. The number of rotatable bonds is 1. The molecule has 1 aliphatic heterocycles. The summed E-state index contributed by atoms with van der Waals surface area (Å²) in [6, 6.07) is 10.0. The third-order valence-electron chi connectivity index (χ3n) is 2.93. The summed E-state index contributed by atoms with van der Waals surface area (Å²) in [5.41, 5.74) is 1.04. The van der Waals surface area contributed by atoms with E-state index in [2.05, 4.69) is 18.8 Å². The van der Waals surface area contributed by atoms with Gasteiger partial charge in [-0.25, -0.2) is 0 Å². The molecule has 0 unspecified atom stereocenters. The Labute approximate surface area is 117 Å².